The van der Waals surface area contributed by atoms with Crippen molar-refractivity contribution in [3.63, 3.8) is 0 Å². The highest BCUT2D eigenvalue weighted by molar-refractivity contribution is 7.11. The van der Waals surface area contributed by atoms with Crippen LogP contribution in [-0.4, -0.2) is 16.9 Å². The van der Waals surface area contributed by atoms with Crippen molar-refractivity contribution in [1.82, 2.24) is 15.1 Å². The van der Waals surface area contributed by atoms with Crippen molar-refractivity contribution in [3.8, 4) is 22.7 Å². The van der Waals surface area contributed by atoms with Gasteiger partial charge in [0.1, 0.15) is 17.3 Å². The van der Waals surface area contributed by atoms with E-state index in [4.69, 9.17) is 9.84 Å². The van der Waals surface area contributed by atoms with Crippen LogP contribution in [0.2, 0.25) is 0 Å². The van der Waals surface area contributed by atoms with Crippen molar-refractivity contribution in [1.29, 1.82) is 0 Å². The van der Waals surface area contributed by atoms with Crippen LogP contribution in [0, 0.1) is 12.7 Å². The SMILES string of the molecule is COc1ccc(-c2nn(-c3ccccc3F)cc2CNCc2ccc(C)s2)cc1. The van der Waals surface area contributed by atoms with Gasteiger partial charge in [-0.2, -0.15) is 5.10 Å². The third kappa shape index (κ3) is 4.39. The lowest BCUT2D eigenvalue weighted by Crippen LogP contribution is -2.12. The zero-order valence-electron chi connectivity index (χ0n) is 16.4. The predicted octanol–water partition coefficient (Wildman–Crippen LogP) is 5.35. The molecule has 0 aliphatic heterocycles. The van der Waals surface area contributed by atoms with Crippen molar-refractivity contribution in [2.75, 3.05) is 7.11 Å². The van der Waals surface area contributed by atoms with Gasteiger partial charge in [0.25, 0.3) is 0 Å². The first kappa shape index (κ1) is 19.4. The van der Waals surface area contributed by atoms with Gasteiger partial charge >= 0.3 is 0 Å². The largest absolute Gasteiger partial charge is 0.497 e. The first-order chi connectivity index (χ1) is 14.1. The van der Waals surface area contributed by atoms with E-state index in [2.05, 4.69) is 24.4 Å². The molecule has 0 unspecified atom stereocenters. The highest BCUT2D eigenvalue weighted by Crippen LogP contribution is 2.26. The molecule has 0 bridgehead atoms. The van der Waals surface area contributed by atoms with Crippen LogP contribution in [0.5, 0.6) is 5.75 Å². The fourth-order valence-electron chi connectivity index (χ4n) is 3.19. The molecule has 1 N–H and O–H groups in total. The third-order valence-electron chi connectivity index (χ3n) is 4.66. The van der Waals surface area contributed by atoms with Crippen LogP contribution in [0.3, 0.4) is 0 Å². The van der Waals surface area contributed by atoms with E-state index in [0.717, 1.165) is 29.1 Å². The molecule has 0 aliphatic rings. The second-order valence-corrected chi connectivity index (χ2v) is 8.12. The molecule has 4 rings (SSSR count). The quantitative estimate of drug-likeness (QED) is 0.449. The van der Waals surface area contributed by atoms with E-state index in [9.17, 15) is 4.39 Å². The third-order valence-corrected chi connectivity index (χ3v) is 5.66. The molecule has 0 saturated carbocycles. The Morgan fingerprint density at radius 3 is 2.52 bits per heavy atom. The molecule has 4 aromatic rings. The summed E-state index contributed by atoms with van der Waals surface area (Å²) in [6, 6.07) is 18.7. The molecule has 0 saturated heterocycles. The van der Waals surface area contributed by atoms with E-state index in [1.165, 1.54) is 15.8 Å². The summed E-state index contributed by atoms with van der Waals surface area (Å²) in [5.74, 6) is 0.486. The van der Waals surface area contributed by atoms with Crippen molar-refractivity contribution in [3.05, 3.63) is 88.0 Å². The fourth-order valence-corrected chi connectivity index (χ4v) is 4.05. The van der Waals surface area contributed by atoms with Crippen LogP contribution in [0.15, 0.2) is 66.9 Å². The molecule has 0 atom stereocenters. The molecule has 0 amide bonds. The monoisotopic (exact) mass is 407 g/mol. The van der Waals surface area contributed by atoms with Gasteiger partial charge < -0.3 is 10.1 Å². The summed E-state index contributed by atoms with van der Waals surface area (Å²) < 4.78 is 21.2. The number of halogens is 1. The van der Waals surface area contributed by atoms with Crippen molar-refractivity contribution in [2.45, 2.75) is 20.0 Å². The van der Waals surface area contributed by atoms with Gasteiger partial charge in [-0.3, -0.25) is 0 Å². The number of ether oxygens (including phenoxy) is 1. The number of rotatable bonds is 7. The average molecular weight is 408 g/mol. The number of nitrogens with one attached hydrogen (secondary N) is 1. The molecule has 4 nitrogen and oxygen atoms in total. The highest BCUT2D eigenvalue weighted by Gasteiger charge is 2.14. The van der Waals surface area contributed by atoms with E-state index < -0.39 is 0 Å². The maximum Gasteiger partial charge on any atom is 0.148 e. The normalized spacial score (nSPS) is 11.0. The summed E-state index contributed by atoms with van der Waals surface area (Å²) in [7, 11) is 1.64. The molecule has 0 fully saturated rings. The molecular weight excluding hydrogens is 385 g/mol. The van der Waals surface area contributed by atoms with Crippen LogP contribution in [0.25, 0.3) is 16.9 Å². The lowest BCUT2D eigenvalue weighted by Gasteiger charge is -2.05. The number of hydrogen-bond acceptors (Lipinski definition) is 4. The van der Waals surface area contributed by atoms with E-state index in [0.29, 0.717) is 12.2 Å². The minimum Gasteiger partial charge on any atom is -0.497 e. The minimum absolute atomic E-state index is 0.301. The summed E-state index contributed by atoms with van der Waals surface area (Å²) >= 11 is 1.78. The molecule has 6 heteroatoms. The predicted molar refractivity (Wildman–Crippen MR) is 115 cm³/mol. The Morgan fingerprint density at radius 1 is 1.03 bits per heavy atom. The van der Waals surface area contributed by atoms with Gasteiger partial charge in [0, 0.05) is 40.2 Å². The molecule has 0 aliphatic carbocycles. The van der Waals surface area contributed by atoms with Gasteiger partial charge in [-0.25, -0.2) is 9.07 Å². The van der Waals surface area contributed by atoms with Crippen molar-refractivity contribution < 1.29 is 9.13 Å². The number of aromatic nitrogens is 2. The Morgan fingerprint density at radius 2 is 1.83 bits per heavy atom. The highest BCUT2D eigenvalue weighted by atomic mass is 32.1. The second-order valence-electron chi connectivity index (χ2n) is 6.74. The number of thiophene rings is 1. The van der Waals surface area contributed by atoms with Crippen LogP contribution in [0.4, 0.5) is 4.39 Å². The zero-order valence-corrected chi connectivity index (χ0v) is 17.2. The average Bonchev–Trinajstić information content (AvgIpc) is 3.35. The molecular formula is C23H22FN3OS. The summed E-state index contributed by atoms with van der Waals surface area (Å²) in [4.78, 5) is 2.59. The van der Waals surface area contributed by atoms with Gasteiger partial charge in [-0.1, -0.05) is 12.1 Å². The lowest BCUT2D eigenvalue weighted by atomic mass is 10.1. The number of benzene rings is 2. The standard InChI is InChI=1S/C23H22FN3OS/c1-16-7-12-20(29-16)14-25-13-18-15-27(22-6-4-3-5-21(22)24)26-23(18)17-8-10-19(28-2)11-9-17/h3-12,15,25H,13-14H2,1-2H3. The fraction of sp³-hybridized carbons (Fsp3) is 0.174. The Balaban J connectivity index is 1.64. The van der Waals surface area contributed by atoms with Gasteiger partial charge in [0.15, 0.2) is 0 Å². The number of nitrogens with zero attached hydrogens (tertiary/aromatic N) is 2. The lowest BCUT2D eigenvalue weighted by molar-refractivity contribution is 0.415. The zero-order chi connectivity index (χ0) is 20.2. The van der Waals surface area contributed by atoms with E-state index in [1.807, 2.05) is 36.5 Å². The summed E-state index contributed by atoms with van der Waals surface area (Å²) in [5, 5.41) is 8.18. The maximum absolute atomic E-state index is 14.3. The number of hydrogen-bond donors (Lipinski definition) is 1. The molecule has 29 heavy (non-hydrogen) atoms. The first-order valence-electron chi connectivity index (χ1n) is 9.38. The topological polar surface area (TPSA) is 39.1 Å². The first-order valence-corrected chi connectivity index (χ1v) is 10.2. The van der Waals surface area contributed by atoms with Crippen LogP contribution in [0.1, 0.15) is 15.3 Å². The van der Waals surface area contributed by atoms with Gasteiger partial charge in [0.05, 0.1) is 12.8 Å². The van der Waals surface area contributed by atoms with Gasteiger partial charge in [-0.05, 0) is 55.5 Å². The summed E-state index contributed by atoms with van der Waals surface area (Å²) in [5.41, 5.74) is 3.23. The number of para-hydroxylation sites is 1. The molecule has 0 radical (unpaired) electrons. The van der Waals surface area contributed by atoms with Crippen molar-refractivity contribution in [2.24, 2.45) is 0 Å². The molecule has 2 aromatic heterocycles. The Hall–Kier alpha value is -2.96. The second kappa shape index (κ2) is 8.59. The number of aryl methyl sites for hydroxylation is 1. The van der Waals surface area contributed by atoms with Gasteiger partial charge in [-0.15, -0.1) is 11.3 Å². The van der Waals surface area contributed by atoms with Gasteiger partial charge in [0.2, 0.25) is 0 Å². The minimum atomic E-state index is -0.301. The van der Waals surface area contributed by atoms with E-state index in [-0.39, 0.29) is 5.82 Å². The summed E-state index contributed by atoms with van der Waals surface area (Å²) in [6.07, 6.45) is 1.89. The smallest absolute Gasteiger partial charge is 0.148 e. The van der Waals surface area contributed by atoms with E-state index in [1.54, 1.807) is 35.3 Å². The Labute approximate surface area is 173 Å². The maximum atomic E-state index is 14.3. The molecule has 0 spiro atoms. The number of methoxy groups -OCH3 is 1. The van der Waals surface area contributed by atoms with Crippen LogP contribution in [-0.2, 0) is 13.1 Å². The van der Waals surface area contributed by atoms with E-state index >= 15 is 0 Å². The molecule has 2 aromatic carbocycles. The Kier molecular flexibility index (Phi) is 5.74. The molecule has 148 valence electrons. The van der Waals surface area contributed by atoms with Crippen LogP contribution < -0.4 is 10.1 Å². The Bertz CT molecular complexity index is 1100. The van der Waals surface area contributed by atoms with Crippen molar-refractivity contribution >= 4 is 11.3 Å². The molecule has 2 heterocycles. The summed E-state index contributed by atoms with van der Waals surface area (Å²) in [6.45, 7) is 3.52. The van der Waals surface area contributed by atoms with Crippen LogP contribution >= 0.6 is 11.3 Å².